The Morgan fingerprint density at radius 2 is 1.89 bits per heavy atom. The van der Waals surface area contributed by atoms with Gasteiger partial charge in [-0.15, -0.1) is 0 Å². The third-order valence-electron chi connectivity index (χ3n) is 6.08. The first kappa shape index (κ1) is 24.2. The summed E-state index contributed by atoms with van der Waals surface area (Å²) in [5, 5.41) is 11.3. The van der Waals surface area contributed by atoms with Crippen molar-refractivity contribution in [1.29, 1.82) is 0 Å². The molecular weight excluding hydrogens is 440 g/mol. The van der Waals surface area contributed by atoms with Gasteiger partial charge in [-0.05, 0) is 54.7 Å². The average molecular weight is 471 g/mol. The molecule has 0 spiro atoms. The van der Waals surface area contributed by atoms with Gasteiger partial charge in [0.1, 0.15) is 11.5 Å². The van der Waals surface area contributed by atoms with Gasteiger partial charge in [0.05, 0.1) is 18.2 Å². The summed E-state index contributed by atoms with van der Waals surface area (Å²) < 4.78 is 5.80. The maximum Gasteiger partial charge on any atom is 0.295 e. The monoisotopic (exact) mass is 470 g/mol. The van der Waals surface area contributed by atoms with E-state index in [2.05, 4.69) is 18.8 Å². The van der Waals surface area contributed by atoms with Crippen LogP contribution in [0.3, 0.4) is 0 Å². The van der Waals surface area contributed by atoms with Crippen LogP contribution < -0.4 is 4.74 Å². The van der Waals surface area contributed by atoms with Gasteiger partial charge in [0.2, 0.25) is 0 Å². The molecular formula is C29H30N2O4. The van der Waals surface area contributed by atoms with E-state index in [0.717, 1.165) is 16.7 Å². The zero-order chi connectivity index (χ0) is 25.1. The second kappa shape index (κ2) is 10.1. The summed E-state index contributed by atoms with van der Waals surface area (Å²) in [7, 11) is 0. The van der Waals surface area contributed by atoms with Crippen molar-refractivity contribution in [3.63, 3.8) is 0 Å². The molecule has 6 nitrogen and oxygen atoms in total. The SMILES string of the molecule is Cc1ccc(C)c(CN2C(=O)C(=O)/C(=C(/O)c3cccc(OCC(C)C)c3)C2c2cccnc2)c1. The summed E-state index contributed by atoms with van der Waals surface area (Å²) in [4.78, 5) is 32.3. The van der Waals surface area contributed by atoms with Gasteiger partial charge < -0.3 is 14.7 Å². The number of rotatable bonds is 7. The molecule has 1 fully saturated rings. The summed E-state index contributed by atoms with van der Waals surface area (Å²) in [6, 6.07) is 15.8. The maximum atomic E-state index is 13.3. The van der Waals surface area contributed by atoms with Crippen molar-refractivity contribution in [2.45, 2.75) is 40.3 Å². The first-order valence-electron chi connectivity index (χ1n) is 11.7. The number of nitrogens with zero attached hydrogens (tertiary/aromatic N) is 2. The lowest BCUT2D eigenvalue weighted by molar-refractivity contribution is -0.140. The molecule has 35 heavy (non-hydrogen) atoms. The van der Waals surface area contributed by atoms with Gasteiger partial charge in [-0.2, -0.15) is 0 Å². The number of benzene rings is 2. The van der Waals surface area contributed by atoms with Crippen LogP contribution in [0.15, 0.2) is 72.6 Å². The minimum Gasteiger partial charge on any atom is -0.507 e. The predicted octanol–water partition coefficient (Wildman–Crippen LogP) is 5.36. The number of ether oxygens (including phenoxy) is 1. The van der Waals surface area contributed by atoms with Gasteiger partial charge in [-0.3, -0.25) is 14.6 Å². The molecule has 2 heterocycles. The number of ketones is 1. The van der Waals surface area contributed by atoms with Gasteiger partial charge in [0.25, 0.3) is 11.7 Å². The third-order valence-corrected chi connectivity index (χ3v) is 6.08. The highest BCUT2D eigenvalue weighted by atomic mass is 16.5. The molecule has 0 saturated carbocycles. The molecule has 2 aromatic carbocycles. The Bertz CT molecular complexity index is 1280. The number of aromatic nitrogens is 1. The zero-order valence-electron chi connectivity index (χ0n) is 20.5. The summed E-state index contributed by atoms with van der Waals surface area (Å²) >= 11 is 0. The number of carbonyl (C=O) groups excluding carboxylic acids is 2. The van der Waals surface area contributed by atoms with E-state index in [1.807, 2.05) is 38.1 Å². The molecule has 1 aliphatic rings. The Balaban J connectivity index is 1.80. The molecule has 6 heteroatoms. The van der Waals surface area contributed by atoms with Gasteiger partial charge in [0.15, 0.2) is 0 Å². The molecule has 1 aromatic heterocycles. The van der Waals surface area contributed by atoms with E-state index in [4.69, 9.17) is 4.74 Å². The Labute approximate surface area is 205 Å². The second-order valence-corrected chi connectivity index (χ2v) is 9.38. The predicted molar refractivity (Wildman–Crippen MR) is 135 cm³/mol. The van der Waals surface area contributed by atoms with Crippen molar-refractivity contribution in [3.8, 4) is 5.75 Å². The second-order valence-electron chi connectivity index (χ2n) is 9.38. The van der Waals surface area contributed by atoms with Crippen LogP contribution in [0.4, 0.5) is 0 Å². The minimum atomic E-state index is -0.760. The maximum absolute atomic E-state index is 13.3. The molecule has 4 rings (SSSR count). The van der Waals surface area contributed by atoms with Crippen LogP contribution in [-0.4, -0.2) is 33.3 Å². The van der Waals surface area contributed by atoms with E-state index in [1.54, 1.807) is 42.7 Å². The molecule has 0 aliphatic carbocycles. The van der Waals surface area contributed by atoms with Crippen molar-refractivity contribution in [2.24, 2.45) is 5.92 Å². The third kappa shape index (κ3) is 5.11. The molecule has 1 amide bonds. The number of aryl methyl sites for hydroxylation is 2. The lowest BCUT2D eigenvalue weighted by Gasteiger charge is -2.26. The van der Waals surface area contributed by atoms with Gasteiger partial charge in [0, 0.05) is 24.5 Å². The minimum absolute atomic E-state index is 0.0503. The fourth-order valence-corrected chi connectivity index (χ4v) is 4.23. The lowest BCUT2D eigenvalue weighted by Crippen LogP contribution is -2.29. The number of hydrogen-bond acceptors (Lipinski definition) is 5. The zero-order valence-corrected chi connectivity index (χ0v) is 20.5. The number of Topliss-reactive ketones (excluding diaryl/α,β-unsaturated/α-hetero) is 1. The number of carbonyl (C=O) groups is 2. The summed E-state index contributed by atoms with van der Waals surface area (Å²) in [5.74, 6) is -0.655. The van der Waals surface area contributed by atoms with Crippen molar-refractivity contribution in [3.05, 3.63) is 100 Å². The van der Waals surface area contributed by atoms with E-state index in [0.29, 0.717) is 29.4 Å². The summed E-state index contributed by atoms with van der Waals surface area (Å²) in [6.45, 7) is 8.84. The summed E-state index contributed by atoms with van der Waals surface area (Å²) in [5.41, 5.74) is 4.17. The first-order chi connectivity index (χ1) is 16.8. The molecule has 0 bridgehead atoms. The Morgan fingerprint density at radius 3 is 2.60 bits per heavy atom. The number of aliphatic hydroxyl groups excluding tert-OH is 1. The number of aliphatic hydroxyl groups is 1. The Morgan fingerprint density at radius 1 is 1.09 bits per heavy atom. The van der Waals surface area contributed by atoms with Crippen LogP contribution in [0, 0.1) is 19.8 Å². The summed E-state index contributed by atoms with van der Waals surface area (Å²) in [6.07, 6.45) is 3.26. The van der Waals surface area contributed by atoms with Crippen molar-refractivity contribution < 1.29 is 19.4 Å². The van der Waals surface area contributed by atoms with E-state index >= 15 is 0 Å². The van der Waals surface area contributed by atoms with Crippen LogP contribution in [0.25, 0.3) is 5.76 Å². The number of hydrogen-bond donors (Lipinski definition) is 1. The number of likely N-dealkylation sites (tertiary alicyclic amines) is 1. The lowest BCUT2D eigenvalue weighted by atomic mass is 9.96. The van der Waals surface area contributed by atoms with Crippen LogP contribution in [-0.2, 0) is 16.1 Å². The van der Waals surface area contributed by atoms with E-state index in [9.17, 15) is 14.7 Å². The van der Waals surface area contributed by atoms with Crippen LogP contribution in [0.5, 0.6) is 5.75 Å². The fraction of sp³-hybridized carbons (Fsp3) is 0.276. The topological polar surface area (TPSA) is 79.7 Å². The van der Waals surface area contributed by atoms with Crippen molar-refractivity contribution in [1.82, 2.24) is 9.88 Å². The molecule has 1 aliphatic heterocycles. The molecule has 1 atom stereocenters. The van der Waals surface area contributed by atoms with Gasteiger partial charge in [-0.1, -0.05) is 55.8 Å². The first-order valence-corrected chi connectivity index (χ1v) is 11.7. The van der Waals surface area contributed by atoms with E-state index < -0.39 is 17.7 Å². The highest BCUT2D eigenvalue weighted by Crippen LogP contribution is 2.40. The van der Waals surface area contributed by atoms with E-state index in [-0.39, 0.29) is 17.9 Å². The normalized spacial score (nSPS) is 17.3. The molecule has 3 aromatic rings. The largest absolute Gasteiger partial charge is 0.507 e. The Hall–Kier alpha value is -3.93. The number of pyridine rings is 1. The van der Waals surface area contributed by atoms with Crippen LogP contribution in [0.2, 0.25) is 0 Å². The highest BCUT2D eigenvalue weighted by Gasteiger charge is 2.46. The van der Waals surface area contributed by atoms with Crippen molar-refractivity contribution in [2.75, 3.05) is 6.61 Å². The van der Waals surface area contributed by atoms with Crippen LogP contribution >= 0.6 is 0 Å². The smallest absolute Gasteiger partial charge is 0.295 e. The van der Waals surface area contributed by atoms with E-state index in [1.165, 1.54) is 4.90 Å². The molecule has 0 radical (unpaired) electrons. The highest BCUT2D eigenvalue weighted by molar-refractivity contribution is 6.46. The van der Waals surface area contributed by atoms with Gasteiger partial charge in [-0.25, -0.2) is 0 Å². The quantitative estimate of drug-likeness (QED) is 0.286. The average Bonchev–Trinajstić information content (AvgIpc) is 3.10. The molecule has 180 valence electrons. The molecule has 1 unspecified atom stereocenters. The standard InChI is InChI=1S/C29H30N2O4/c1-18(2)17-35-24-9-5-7-21(14-24)27(32)25-26(22-8-6-12-30-15-22)31(29(34)28(25)33)16-23-13-19(3)10-11-20(23)4/h5-15,18,26,32H,16-17H2,1-4H3/b27-25+. The number of amides is 1. The Kier molecular flexibility index (Phi) is 7.01. The van der Waals surface area contributed by atoms with Crippen molar-refractivity contribution >= 4 is 17.4 Å². The van der Waals surface area contributed by atoms with Crippen LogP contribution in [0.1, 0.15) is 47.7 Å². The molecule has 1 N–H and O–H groups in total. The molecule has 1 saturated heterocycles. The van der Waals surface area contributed by atoms with Gasteiger partial charge >= 0.3 is 0 Å². The fourth-order valence-electron chi connectivity index (χ4n) is 4.23.